The van der Waals surface area contributed by atoms with E-state index in [0.29, 0.717) is 28.1 Å². The van der Waals surface area contributed by atoms with Gasteiger partial charge >= 0.3 is 0 Å². The molecule has 4 aromatic carbocycles. The summed E-state index contributed by atoms with van der Waals surface area (Å²) in [5.74, 6) is 0.337. The fourth-order valence-corrected chi connectivity index (χ4v) is 5.91. The largest absolute Gasteiger partial charge is 0.497 e. The first-order valence-electron chi connectivity index (χ1n) is 15.3. The number of hydrogen-bond donors (Lipinski definition) is 3. The first kappa shape index (κ1) is 29.2. The Morgan fingerprint density at radius 2 is 1.61 bits per heavy atom. The van der Waals surface area contributed by atoms with E-state index in [1.165, 1.54) is 24.8 Å². The average Bonchev–Trinajstić information content (AvgIpc) is 3.39. The summed E-state index contributed by atoms with van der Waals surface area (Å²) in [6, 6.07) is 31.0. The minimum Gasteiger partial charge on any atom is -0.497 e. The molecule has 2 aliphatic rings. The quantitative estimate of drug-likeness (QED) is 0.182. The van der Waals surface area contributed by atoms with E-state index in [4.69, 9.17) is 4.74 Å². The van der Waals surface area contributed by atoms with Crippen molar-refractivity contribution in [1.82, 2.24) is 10.2 Å². The third kappa shape index (κ3) is 6.53. The maximum Gasteiger partial charge on any atom is 0.258 e. The topological polar surface area (TPSA) is 82.7 Å². The van der Waals surface area contributed by atoms with Crippen LogP contribution in [0.5, 0.6) is 5.75 Å². The van der Waals surface area contributed by atoms with Gasteiger partial charge < -0.3 is 20.7 Å². The third-order valence-electron chi connectivity index (χ3n) is 8.38. The van der Waals surface area contributed by atoms with Crippen LogP contribution >= 0.6 is 0 Å². The van der Waals surface area contributed by atoms with E-state index >= 15 is 0 Å². The monoisotopic (exact) mass is 586 g/mol. The smallest absolute Gasteiger partial charge is 0.258 e. The van der Waals surface area contributed by atoms with Crippen LogP contribution in [0, 0.1) is 0 Å². The molecule has 6 rings (SSSR count). The highest BCUT2D eigenvalue weighted by Crippen LogP contribution is 2.38. The Hall–Kier alpha value is -4.88. The molecule has 2 amide bonds. The summed E-state index contributed by atoms with van der Waals surface area (Å²) in [5.41, 5.74) is 7.05. The van der Waals surface area contributed by atoms with Gasteiger partial charge in [-0.3, -0.25) is 14.5 Å². The van der Waals surface area contributed by atoms with Gasteiger partial charge in [0.1, 0.15) is 5.75 Å². The van der Waals surface area contributed by atoms with Gasteiger partial charge in [0.05, 0.1) is 24.4 Å². The number of amides is 2. The molecule has 224 valence electrons. The van der Waals surface area contributed by atoms with E-state index in [9.17, 15) is 9.59 Å². The molecule has 1 atom stereocenters. The van der Waals surface area contributed by atoms with Crippen molar-refractivity contribution in [3.05, 3.63) is 125 Å². The van der Waals surface area contributed by atoms with Gasteiger partial charge in [-0.2, -0.15) is 0 Å². The van der Waals surface area contributed by atoms with Gasteiger partial charge in [-0.25, -0.2) is 0 Å². The Morgan fingerprint density at radius 3 is 2.32 bits per heavy atom. The molecule has 0 aliphatic carbocycles. The number of carbonyl (C=O) groups excluding carboxylic acids is 2. The lowest BCUT2D eigenvalue weighted by molar-refractivity contribution is -0.110. The van der Waals surface area contributed by atoms with Crippen molar-refractivity contribution in [3.8, 4) is 5.75 Å². The lowest BCUT2D eigenvalue weighted by Gasteiger charge is -2.26. The van der Waals surface area contributed by atoms with Gasteiger partial charge in [0, 0.05) is 29.0 Å². The van der Waals surface area contributed by atoms with E-state index in [-0.39, 0.29) is 17.9 Å². The molecule has 0 spiro atoms. The van der Waals surface area contributed by atoms with Gasteiger partial charge in [0.15, 0.2) is 0 Å². The summed E-state index contributed by atoms with van der Waals surface area (Å²) in [6.07, 6.45) is 3.85. The van der Waals surface area contributed by atoms with E-state index in [2.05, 4.69) is 45.1 Å². The molecule has 0 unspecified atom stereocenters. The van der Waals surface area contributed by atoms with Crippen LogP contribution in [-0.2, 0) is 11.3 Å². The summed E-state index contributed by atoms with van der Waals surface area (Å²) in [5, 5.41) is 9.62. The van der Waals surface area contributed by atoms with Crippen LogP contribution in [0.3, 0.4) is 0 Å². The summed E-state index contributed by atoms with van der Waals surface area (Å²) in [6.45, 7) is 5.20. The third-order valence-corrected chi connectivity index (χ3v) is 8.38. The van der Waals surface area contributed by atoms with Gasteiger partial charge in [0.2, 0.25) is 0 Å². The molecule has 7 heteroatoms. The fourth-order valence-electron chi connectivity index (χ4n) is 5.91. The van der Waals surface area contributed by atoms with Gasteiger partial charge in [-0.1, -0.05) is 61.0 Å². The molecule has 2 heterocycles. The molecule has 0 bridgehead atoms. The zero-order valence-corrected chi connectivity index (χ0v) is 25.2. The lowest BCUT2D eigenvalue weighted by atomic mass is 9.98. The zero-order valence-electron chi connectivity index (χ0n) is 25.2. The molecular formula is C37H38N4O3. The molecule has 7 nitrogen and oxygen atoms in total. The summed E-state index contributed by atoms with van der Waals surface area (Å²) < 4.78 is 5.25. The second kappa shape index (κ2) is 13.2. The Bertz CT molecular complexity index is 1660. The number of benzene rings is 4. The van der Waals surface area contributed by atoms with E-state index in [0.717, 1.165) is 42.2 Å². The molecule has 3 N–H and O–H groups in total. The second-order valence-corrected chi connectivity index (χ2v) is 11.5. The lowest BCUT2D eigenvalue weighted by Crippen LogP contribution is -2.29. The Morgan fingerprint density at radius 1 is 0.886 bits per heavy atom. The van der Waals surface area contributed by atoms with Crippen molar-refractivity contribution in [2.24, 2.45) is 0 Å². The predicted octanol–water partition coefficient (Wildman–Crippen LogP) is 7.10. The summed E-state index contributed by atoms with van der Waals surface area (Å²) in [7, 11) is 1.63. The number of ether oxygens (including phenoxy) is 1. The molecule has 44 heavy (non-hydrogen) atoms. The van der Waals surface area contributed by atoms with Crippen LogP contribution in [0.25, 0.3) is 11.3 Å². The first-order chi connectivity index (χ1) is 21.5. The van der Waals surface area contributed by atoms with Gasteiger partial charge in [0.25, 0.3) is 11.8 Å². The van der Waals surface area contributed by atoms with Crippen molar-refractivity contribution in [2.45, 2.75) is 38.8 Å². The van der Waals surface area contributed by atoms with Crippen LogP contribution in [0.15, 0.2) is 97.1 Å². The molecule has 1 saturated heterocycles. The summed E-state index contributed by atoms with van der Waals surface area (Å²) in [4.78, 5) is 29.4. The molecule has 0 aromatic heterocycles. The Kier molecular flexibility index (Phi) is 8.75. The van der Waals surface area contributed by atoms with Crippen LogP contribution in [0.2, 0.25) is 0 Å². The first-order valence-corrected chi connectivity index (χ1v) is 15.3. The minimum atomic E-state index is -0.215. The molecule has 1 fully saturated rings. The van der Waals surface area contributed by atoms with Crippen molar-refractivity contribution < 1.29 is 14.3 Å². The number of nitrogens with one attached hydrogen (secondary N) is 3. The highest BCUT2D eigenvalue weighted by Gasteiger charge is 2.29. The van der Waals surface area contributed by atoms with E-state index in [1.807, 2.05) is 61.5 Å². The number of piperidine rings is 1. The maximum absolute atomic E-state index is 13.5. The van der Waals surface area contributed by atoms with Crippen molar-refractivity contribution >= 4 is 34.5 Å². The number of methoxy groups -OCH3 is 1. The fraction of sp³-hybridized carbons (Fsp3) is 0.243. The number of fused-ring (bicyclic) bond motifs is 1. The van der Waals surface area contributed by atoms with Crippen LogP contribution < -0.4 is 20.7 Å². The Labute approximate surface area is 258 Å². The van der Waals surface area contributed by atoms with Crippen molar-refractivity contribution in [2.75, 3.05) is 30.8 Å². The number of carbonyl (C=O) groups is 2. The second-order valence-electron chi connectivity index (χ2n) is 11.5. The van der Waals surface area contributed by atoms with Gasteiger partial charge in [-0.05, 0) is 92.0 Å². The van der Waals surface area contributed by atoms with Crippen LogP contribution in [0.4, 0.5) is 11.4 Å². The highest BCUT2D eigenvalue weighted by atomic mass is 16.5. The standard InChI is InChI=1S/C37H38N4O3/c1-25(27-13-18-31(44-2)19-14-27)38-36(42)29-15-20-33-32(23-29)34(37(43)40-33)35(28-9-5-3-6-10-28)39-30-16-11-26(12-17-30)24-41-21-7-4-8-22-41/h3,5-6,9-20,23,25,39H,4,7-8,21-22,24H2,1-2H3,(H,38,42)(H,40,43)/t25-/m0/s1. The molecular weight excluding hydrogens is 548 g/mol. The van der Waals surface area contributed by atoms with E-state index in [1.54, 1.807) is 25.3 Å². The molecule has 2 aliphatic heterocycles. The van der Waals surface area contributed by atoms with Crippen LogP contribution in [0.1, 0.15) is 64.8 Å². The van der Waals surface area contributed by atoms with Crippen molar-refractivity contribution in [1.29, 1.82) is 0 Å². The minimum absolute atomic E-state index is 0.211. The highest BCUT2D eigenvalue weighted by molar-refractivity contribution is 6.37. The number of likely N-dealkylation sites (tertiary alicyclic amines) is 1. The number of anilines is 2. The predicted molar refractivity (Wildman–Crippen MR) is 176 cm³/mol. The number of hydrogen-bond acceptors (Lipinski definition) is 5. The van der Waals surface area contributed by atoms with Gasteiger partial charge in [-0.15, -0.1) is 0 Å². The normalized spacial score (nSPS) is 16.5. The average molecular weight is 587 g/mol. The number of nitrogens with zero attached hydrogens (tertiary/aromatic N) is 1. The van der Waals surface area contributed by atoms with E-state index < -0.39 is 0 Å². The molecule has 4 aromatic rings. The number of rotatable bonds is 9. The molecule has 0 radical (unpaired) electrons. The zero-order chi connectivity index (χ0) is 30.5. The molecule has 0 saturated carbocycles. The summed E-state index contributed by atoms with van der Waals surface area (Å²) >= 11 is 0. The Balaban J connectivity index is 1.28. The van der Waals surface area contributed by atoms with Crippen molar-refractivity contribution in [3.63, 3.8) is 0 Å². The van der Waals surface area contributed by atoms with Crippen LogP contribution in [-0.4, -0.2) is 36.9 Å². The SMILES string of the molecule is COc1ccc([C@H](C)NC(=O)c2ccc3c(c2)C(=C(Nc2ccc(CN4CCCCC4)cc2)c2ccccc2)C(=O)N3)cc1. The maximum atomic E-state index is 13.5.